The SMILES string of the molecule is CN(C)C(CNC(=O)[C@H]1CNC[C@@H]1c1cnn(C)c1)c1cccc(F)c1. The van der Waals surface area contributed by atoms with Gasteiger partial charge in [0.2, 0.25) is 5.91 Å². The first-order valence-electron chi connectivity index (χ1n) is 8.84. The lowest BCUT2D eigenvalue weighted by Gasteiger charge is -2.26. The zero-order chi connectivity index (χ0) is 18.7. The van der Waals surface area contributed by atoms with Crippen LogP contribution >= 0.6 is 0 Å². The standard InChI is InChI=1S/C19H26FN5O/c1-24(2)18(13-5-4-6-15(20)7-13)11-22-19(26)17-10-21-9-16(17)14-8-23-25(3)12-14/h4-8,12,16-18,21H,9-11H2,1-3H3,(H,22,26)/t16-,17+,18?/m1/s1. The van der Waals surface area contributed by atoms with Gasteiger partial charge in [-0.3, -0.25) is 9.48 Å². The van der Waals surface area contributed by atoms with Crippen LogP contribution in [0.3, 0.4) is 0 Å². The van der Waals surface area contributed by atoms with Gasteiger partial charge in [0.05, 0.1) is 18.2 Å². The number of aryl methyl sites for hydroxylation is 1. The molecule has 0 radical (unpaired) electrons. The molecule has 1 amide bonds. The van der Waals surface area contributed by atoms with Gasteiger partial charge in [0.1, 0.15) is 5.82 Å². The molecule has 1 aromatic heterocycles. The summed E-state index contributed by atoms with van der Waals surface area (Å²) in [6, 6.07) is 6.45. The summed E-state index contributed by atoms with van der Waals surface area (Å²) in [6.45, 7) is 1.86. The smallest absolute Gasteiger partial charge is 0.225 e. The van der Waals surface area contributed by atoms with Crippen LogP contribution in [0.25, 0.3) is 0 Å². The third kappa shape index (κ3) is 4.11. The minimum absolute atomic E-state index is 0.0205. The second-order valence-corrected chi connectivity index (χ2v) is 7.10. The van der Waals surface area contributed by atoms with Crippen LogP contribution < -0.4 is 10.6 Å². The highest BCUT2D eigenvalue weighted by Crippen LogP contribution is 2.28. The molecule has 1 unspecified atom stereocenters. The Morgan fingerprint density at radius 1 is 1.46 bits per heavy atom. The molecule has 3 atom stereocenters. The minimum Gasteiger partial charge on any atom is -0.354 e. The van der Waals surface area contributed by atoms with Crippen molar-refractivity contribution in [2.45, 2.75) is 12.0 Å². The van der Waals surface area contributed by atoms with Crippen molar-refractivity contribution in [1.29, 1.82) is 0 Å². The molecule has 1 saturated heterocycles. The van der Waals surface area contributed by atoms with Crippen molar-refractivity contribution in [2.75, 3.05) is 33.7 Å². The van der Waals surface area contributed by atoms with Gasteiger partial charge in [0, 0.05) is 38.8 Å². The van der Waals surface area contributed by atoms with Crippen LogP contribution in [-0.2, 0) is 11.8 Å². The molecule has 3 rings (SSSR count). The highest BCUT2D eigenvalue weighted by molar-refractivity contribution is 5.80. The van der Waals surface area contributed by atoms with E-state index in [1.165, 1.54) is 12.1 Å². The van der Waals surface area contributed by atoms with Crippen molar-refractivity contribution in [1.82, 2.24) is 25.3 Å². The second kappa shape index (κ2) is 7.97. The molecule has 1 aliphatic rings. The number of rotatable bonds is 6. The summed E-state index contributed by atoms with van der Waals surface area (Å²) in [7, 11) is 5.73. The van der Waals surface area contributed by atoms with E-state index in [0.717, 1.165) is 17.7 Å². The normalized spacial score (nSPS) is 21.1. The zero-order valence-corrected chi connectivity index (χ0v) is 15.4. The van der Waals surface area contributed by atoms with Gasteiger partial charge >= 0.3 is 0 Å². The summed E-state index contributed by atoms with van der Waals surface area (Å²) in [4.78, 5) is 14.8. The first kappa shape index (κ1) is 18.5. The van der Waals surface area contributed by atoms with E-state index in [9.17, 15) is 9.18 Å². The number of halogens is 1. The molecule has 6 nitrogen and oxygen atoms in total. The predicted octanol–water partition coefficient (Wildman–Crippen LogP) is 1.28. The number of benzene rings is 1. The van der Waals surface area contributed by atoms with E-state index in [-0.39, 0.29) is 29.6 Å². The lowest BCUT2D eigenvalue weighted by Crippen LogP contribution is -2.39. The average Bonchev–Trinajstić information content (AvgIpc) is 3.23. The highest BCUT2D eigenvalue weighted by atomic mass is 19.1. The maximum Gasteiger partial charge on any atom is 0.225 e. The molecular weight excluding hydrogens is 333 g/mol. The summed E-state index contributed by atoms with van der Waals surface area (Å²) in [5.41, 5.74) is 1.93. The molecule has 2 heterocycles. The number of nitrogens with zero attached hydrogens (tertiary/aromatic N) is 3. The van der Waals surface area contributed by atoms with Gasteiger partial charge in [-0.25, -0.2) is 4.39 Å². The largest absolute Gasteiger partial charge is 0.354 e. The van der Waals surface area contributed by atoms with Gasteiger partial charge in [-0.15, -0.1) is 0 Å². The van der Waals surface area contributed by atoms with Crippen LogP contribution in [0.2, 0.25) is 0 Å². The lowest BCUT2D eigenvalue weighted by molar-refractivity contribution is -0.125. The number of aromatic nitrogens is 2. The Morgan fingerprint density at radius 3 is 2.92 bits per heavy atom. The third-order valence-corrected chi connectivity index (χ3v) is 5.03. The van der Waals surface area contributed by atoms with Gasteiger partial charge < -0.3 is 15.5 Å². The van der Waals surface area contributed by atoms with E-state index in [4.69, 9.17) is 0 Å². The Morgan fingerprint density at radius 2 is 2.27 bits per heavy atom. The van der Waals surface area contributed by atoms with E-state index in [1.54, 1.807) is 10.7 Å². The van der Waals surface area contributed by atoms with Gasteiger partial charge in [0.15, 0.2) is 0 Å². The molecule has 0 saturated carbocycles. The summed E-state index contributed by atoms with van der Waals surface area (Å²) >= 11 is 0. The van der Waals surface area contributed by atoms with Gasteiger partial charge in [-0.2, -0.15) is 5.10 Å². The first-order valence-corrected chi connectivity index (χ1v) is 8.84. The molecular formula is C19H26FN5O. The molecule has 1 aliphatic heterocycles. The van der Waals surface area contributed by atoms with Crippen LogP contribution in [0.15, 0.2) is 36.7 Å². The van der Waals surface area contributed by atoms with Crippen LogP contribution in [0.4, 0.5) is 4.39 Å². The molecule has 1 fully saturated rings. The zero-order valence-electron chi connectivity index (χ0n) is 15.4. The topological polar surface area (TPSA) is 62.2 Å². The Kier molecular flexibility index (Phi) is 5.68. The summed E-state index contributed by atoms with van der Waals surface area (Å²) < 4.78 is 15.3. The van der Waals surface area contributed by atoms with Gasteiger partial charge in [-0.1, -0.05) is 12.1 Å². The molecule has 26 heavy (non-hydrogen) atoms. The van der Waals surface area contributed by atoms with Crippen molar-refractivity contribution in [3.8, 4) is 0 Å². The van der Waals surface area contributed by atoms with E-state index >= 15 is 0 Å². The van der Waals surface area contributed by atoms with Gasteiger partial charge in [0.25, 0.3) is 0 Å². The quantitative estimate of drug-likeness (QED) is 0.816. The molecule has 7 heteroatoms. The third-order valence-electron chi connectivity index (χ3n) is 5.03. The predicted molar refractivity (Wildman–Crippen MR) is 98.1 cm³/mol. The number of likely N-dealkylation sites (N-methyl/N-ethyl adjacent to an activating group) is 1. The number of carbonyl (C=O) groups is 1. The van der Waals surface area contributed by atoms with Crippen molar-refractivity contribution >= 4 is 5.91 Å². The number of nitrogens with one attached hydrogen (secondary N) is 2. The van der Waals surface area contributed by atoms with Crippen molar-refractivity contribution in [2.24, 2.45) is 13.0 Å². The fraction of sp³-hybridized carbons (Fsp3) is 0.474. The number of carbonyl (C=O) groups excluding carboxylic acids is 1. The first-order chi connectivity index (χ1) is 12.5. The Bertz CT molecular complexity index is 760. The molecule has 0 aliphatic carbocycles. The molecule has 1 aromatic carbocycles. The van der Waals surface area contributed by atoms with Crippen LogP contribution in [0.1, 0.15) is 23.1 Å². The number of amides is 1. The monoisotopic (exact) mass is 359 g/mol. The molecule has 140 valence electrons. The van der Waals surface area contributed by atoms with Crippen LogP contribution in [0.5, 0.6) is 0 Å². The Balaban J connectivity index is 1.66. The highest BCUT2D eigenvalue weighted by Gasteiger charge is 2.34. The van der Waals surface area contributed by atoms with Gasteiger partial charge in [-0.05, 0) is 37.4 Å². The Labute approximate surface area is 153 Å². The maximum absolute atomic E-state index is 13.6. The van der Waals surface area contributed by atoms with E-state index in [0.29, 0.717) is 13.1 Å². The van der Waals surface area contributed by atoms with Crippen LogP contribution in [-0.4, -0.2) is 54.3 Å². The van der Waals surface area contributed by atoms with Crippen LogP contribution in [0, 0.1) is 11.7 Å². The minimum atomic E-state index is -0.266. The maximum atomic E-state index is 13.6. The average molecular weight is 359 g/mol. The fourth-order valence-electron chi connectivity index (χ4n) is 3.58. The summed E-state index contributed by atoms with van der Waals surface area (Å²) in [6.07, 6.45) is 3.79. The molecule has 2 aromatic rings. The summed E-state index contributed by atoms with van der Waals surface area (Å²) in [5, 5.41) is 10.6. The van der Waals surface area contributed by atoms with E-state index in [2.05, 4.69) is 15.7 Å². The van der Waals surface area contributed by atoms with E-state index < -0.39 is 0 Å². The molecule has 0 spiro atoms. The van der Waals surface area contributed by atoms with Crippen molar-refractivity contribution < 1.29 is 9.18 Å². The summed E-state index contributed by atoms with van der Waals surface area (Å²) in [5.74, 6) is -0.255. The number of hydrogen-bond acceptors (Lipinski definition) is 4. The molecule has 0 bridgehead atoms. The number of hydrogen-bond donors (Lipinski definition) is 2. The molecule has 2 N–H and O–H groups in total. The fourth-order valence-corrected chi connectivity index (χ4v) is 3.58. The van der Waals surface area contributed by atoms with Crippen molar-refractivity contribution in [3.05, 3.63) is 53.6 Å². The van der Waals surface area contributed by atoms with E-state index in [1.807, 2.05) is 44.5 Å². The Hall–Kier alpha value is -2.25. The lowest BCUT2D eigenvalue weighted by atomic mass is 9.90. The van der Waals surface area contributed by atoms with Crippen molar-refractivity contribution in [3.63, 3.8) is 0 Å². The second-order valence-electron chi connectivity index (χ2n) is 7.10.